The number of hydrogen-bond donors (Lipinski definition) is 3. The molecule has 104 valence electrons. The second kappa shape index (κ2) is 5.33. The van der Waals surface area contributed by atoms with Gasteiger partial charge in [0.2, 0.25) is 0 Å². The lowest BCUT2D eigenvalue weighted by atomic mass is 9.96. The van der Waals surface area contributed by atoms with E-state index in [1.54, 1.807) is 6.07 Å². The molecule has 0 saturated heterocycles. The maximum absolute atomic E-state index is 11.6. The van der Waals surface area contributed by atoms with Crippen LogP contribution >= 0.6 is 0 Å². The summed E-state index contributed by atoms with van der Waals surface area (Å²) in [6.07, 6.45) is 6.02. The number of nitrogens with one attached hydrogen (secondary N) is 2. The number of nitrogens with zero attached hydrogens (tertiary/aromatic N) is 1. The van der Waals surface area contributed by atoms with Crippen LogP contribution in [0.4, 0.5) is 5.82 Å². The van der Waals surface area contributed by atoms with E-state index in [2.05, 4.69) is 15.3 Å². The van der Waals surface area contributed by atoms with E-state index in [0.29, 0.717) is 23.6 Å². The predicted molar refractivity (Wildman–Crippen MR) is 75.2 cm³/mol. The standard InChI is InChI=1S/C14H22N4O/c15-7-10-2-1-3-11(10)8-16-12-6-13(19)18-14(17-12)9-4-5-9/h6,9-11H,1-5,7-8,15H2,(H2,16,17,18,19). The van der Waals surface area contributed by atoms with Crippen LogP contribution in [-0.2, 0) is 0 Å². The number of aromatic nitrogens is 2. The van der Waals surface area contributed by atoms with Crippen molar-refractivity contribution in [3.8, 4) is 0 Å². The van der Waals surface area contributed by atoms with Crippen molar-refractivity contribution in [2.75, 3.05) is 18.4 Å². The van der Waals surface area contributed by atoms with Crippen molar-refractivity contribution in [1.29, 1.82) is 0 Å². The van der Waals surface area contributed by atoms with Crippen LogP contribution in [0.1, 0.15) is 43.8 Å². The Hall–Kier alpha value is -1.36. The first-order valence-electron chi connectivity index (χ1n) is 7.31. The summed E-state index contributed by atoms with van der Waals surface area (Å²) in [6, 6.07) is 1.55. The molecule has 2 aliphatic rings. The Kier molecular flexibility index (Phi) is 3.55. The molecule has 0 radical (unpaired) electrons. The van der Waals surface area contributed by atoms with Crippen molar-refractivity contribution in [1.82, 2.24) is 9.97 Å². The predicted octanol–water partition coefficient (Wildman–Crippen LogP) is 1.43. The monoisotopic (exact) mass is 262 g/mol. The van der Waals surface area contributed by atoms with Crippen LogP contribution in [0.5, 0.6) is 0 Å². The zero-order valence-electron chi connectivity index (χ0n) is 11.2. The first-order chi connectivity index (χ1) is 9.26. The average Bonchev–Trinajstić information content (AvgIpc) is 3.15. The van der Waals surface area contributed by atoms with Gasteiger partial charge in [0, 0.05) is 18.5 Å². The number of rotatable bonds is 5. The van der Waals surface area contributed by atoms with Crippen molar-refractivity contribution in [3.63, 3.8) is 0 Å². The summed E-state index contributed by atoms with van der Waals surface area (Å²) >= 11 is 0. The van der Waals surface area contributed by atoms with Gasteiger partial charge in [0.25, 0.3) is 5.56 Å². The first-order valence-corrected chi connectivity index (χ1v) is 7.31. The largest absolute Gasteiger partial charge is 0.370 e. The fourth-order valence-electron chi connectivity index (χ4n) is 3.05. The molecule has 1 aromatic heterocycles. The first kappa shape index (κ1) is 12.7. The van der Waals surface area contributed by atoms with Crippen LogP contribution in [0.3, 0.4) is 0 Å². The normalized spacial score (nSPS) is 26.6. The highest BCUT2D eigenvalue weighted by Crippen LogP contribution is 2.37. The van der Waals surface area contributed by atoms with Gasteiger partial charge in [-0.25, -0.2) is 4.98 Å². The van der Waals surface area contributed by atoms with Gasteiger partial charge in [-0.1, -0.05) is 6.42 Å². The fourth-order valence-corrected chi connectivity index (χ4v) is 3.05. The van der Waals surface area contributed by atoms with Crippen LogP contribution in [-0.4, -0.2) is 23.1 Å². The molecule has 0 aliphatic heterocycles. The fraction of sp³-hybridized carbons (Fsp3) is 0.714. The summed E-state index contributed by atoms with van der Waals surface area (Å²) in [5.41, 5.74) is 5.74. The topological polar surface area (TPSA) is 83.8 Å². The summed E-state index contributed by atoms with van der Waals surface area (Å²) < 4.78 is 0. The van der Waals surface area contributed by atoms with E-state index < -0.39 is 0 Å². The minimum Gasteiger partial charge on any atom is -0.370 e. The molecule has 0 amide bonds. The summed E-state index contributed by atoms with van der Waals surface area (Å²) in [5, 5.41) is 3.33. The molecule has 2 atom stereocenters. The molecule has 1 heterocycles. The number of nitrogens with two attached hydrogens (primary N) is 1. The summed E-state index contributed by atoms with van der Waals surface area (Å²) in [4.78, 5) is 18.9. The lowest BCUT2D eigenvalue weighted by Gasteiger charge is -2.18. The molecule has 0 bridgehead atoms. The number of hydrogen-bond acceptors (Lipinski definition) is 4. The van der Waals surface area contributed by atoms with Crippen molar-refractivity contribution in [3.05, 3.63) is 22.2 Å². The molecule has 0 aromatic carbocycles. The minimum atomic E-state index is -0.0544. The SMILES string of the molecule is NCC1CCCC1CNc1cc(=O)[nH]c(C2CC2)n1. The molecule has 3 rings (SSSR count). The zero-order chi connectivity index (χ0) is 13.2. The van der Waals surface area contributed by atoms with E-state index in [9.17, 15) is 4.79 Å². The molecule has 2 fully saturated rings. The smallest absolute Gasteiger partial charge is 0.252 e. The molecule has 2 saturated carbocycles. The number of H-pyrrole nitrogens is 1. The Morgan fingerprint density at radius 2 is 2.11 bits per heavy atom. The van der Waals surface area contributed by atoms with Gasteiger partial charge < -0.3 is 16.0 Å². The molecule has 2 aliphatic carbocycles. The molecule has 2 unspecified atom stereocenters. The van der Waals surface area contributed by atoms with E-state index in [4.69, 9.17) is 5.73 Å². The Morgan fingerprint density at radius 1 is 1.32 bits per heavy atom. The Labute approximate surface area is 113 Å². The van der Waals surface area contributed by atoms with E-state index >= 15 is 0 Å². The molecule has 19 heavy (non-hydrogen) atoms. The molecular formula is C14H22N4O. The number of anilines is 1. The second-order valence-electron chi connectivity index (χ2n) is 5.86. The van der Waals surface area contributed by atoms with E-state index in [1.807, 2.05) is 0 Å². The molecule has 1 aromatic rings. The summed E-state index contributed by atoms with van der Waals surface area (Å²) in [5.74, 6) is 3.27. The lowest BCUT2D eigenvalue weighted by Crippen LogP contribution is -2.25. The number of aromatic amines is 1. The van der Waals surface area contributed by atoms with Crippen LogP contribution in [0, 0.1) is 11.8 Å². The average molecular weight is 262 g/mol. The Bertz CT molecular complexity index is 494. The van der Waals surface area contributed by atoms with Gasteiger partial charge in [-0.2, -0.15) is 0 Å². The maximum Gasteiger partial charge on any atom is 0.252 e. The van der Waals surface area contributed by atoms with Gasteiger partial charge in [-0.05, 0) is 44.1 Å². The zero-order valence-corrected chi connectivity index (χ0v) is 11.2. The van der Waals surface area contributed by atoms with Gasteiger partial charge in [-0.3, -0.25) is 4.79 Å². The highest BCUT2D eigenvalue weighted by Gasteiger charge is 2.27. The molecule has 5 heteroatoms. The molecular weight excluding hydrogens is 240 g/mol. The van der Waals surface area contributed by atoms with Gasteiger partial charge in [-0.15, -0.1) is 0 Å². The van der Waals surface area contributed by atoms with Crippen LogP contribution < -0.4 is 16.6 Å². The quantitative estimate of drug-likeness (QED) is 0.749. The van der Waals surface area contributed by atoms with Crippen LogP contribution in [0.25, 0.3) is 0 Å². The van der Waals surface area contributed by atoms with Crippen LogP contribution in [0.2, 0.25) is 0 Å². The van der Waals surface area contributed by atoms with Crippen molar-refractivity contribution >= 4 is 5.82 Å². The van der Waals surface area contributed by atoms with Gasteiger partial charge in [0.05, 0.1) is 0 Å². The third kappa shape index (κ3) is 2.97. The molecule has 0 spiro atoms. The Morgan fingerprint density at radius 3 is 2.84 bits per heavy atom. The third-order valence-electron chi connectivity index (χ3n) is 4.39. The summed E-state index contributed by atoms with van der Waals surface area (Å²) in [6.45, 7) is 1.64. The van der Waals surface area contributed by atoms with E-state index in [1.165, 1.54) is 19.3 Å². The Balaban J connectivity index is 1.64. The lowest BCUT2D eigenvalue weighted by molar-refractivity contribution is 0.414. The molecule has 4 N–H and O–H groups in total. The van der Waals surface area contributed by atoms with Crippen molar-refractivity contribution < 1.29 is 0 Å². The van der Waals surface area contributed by atoms with Gasteiger partial charge >= 0.3 is 0 Å². The second-order valence-corrected chi connectivity index (χ2v) is 5.86. The minimum absolute atomic E-state index is 0.0544. The van der Waals surface area contributed by atoms with Crippen molar-refractivity contribution in [2.24, 2.45) is 17.6 Å². The van der Waals surface area contributed by atoms with E-state index in [-0.39, 0.29) is 5.56 Å². The molecule has 5 nitrogen and oxygen atoms in total. The summed E-state index contributed by atoms with van der Waals surface area (Å²) in [7, 11) is 0. The third-order valence-corrected chi connectivity index (χ3v) is 4.39. The van der Waals surface area contributed by atoms with E-state index in [0.717, 1.165) is 31.8 Å². The van der Waals surface area contributed by atoms with Gasteiger partial charge in [0.1, 0.15) is 11.6 Å². The van der Waals surface area contributed by atoms with Crippen molar-refractivity contribution in [2.45, 2.75) is 38.0 Å². The highest BCUT2D eigenvalue weighted by atomic mass is 16.1. The highest BCUT2D eigenvalue weighted by molar-refractivity contribution is 5.34. The van der Waals surface area contributed by atoms with Gasteiger partial charge in [0.15, 0.2) is 0 Å². The van der Waals surface area contributed by atoms with Crippen LogP contribution in [0.15, 0.2) is 10.9 Å². The maximum atomic E-state index is 11.6.